The van der Waals surface area contributed by atoms with Crippen LogP contribution in [-0.2, 0) is 0 Å². The Balaban J connectivity index is 2.48. The molecule has 0 fully saturated rings. The predicted octanol–water partition coefficient (Wildman–Crippen LogP) is 2.08. The first-order valence-corrected chi connectivity index (χ1v) is 5.12. The zero-order valence-corrected chi connectivity index (χ0v) is 9.54. The highest BCUT2D eigenvalue weighted by molar-refractivity contribution is 5.94. The molecule has 0 aliphatic heterocycles. The van der Waals surface area contributed by atoms with Crippen LogP contribution in [0, 0.1) is 5.82 Å². The monoisotopic (exact) mass is 247 g/mol. The molecule has 2 aromatic rings. The quantitative estimate of drug-likeness (QED) is 0.899. The van der Waals surface area contributed by atoms with E-state index < -0.39 is 11.8 Å². The summed E-state index contributed by atoms with van der Waals surface area (Å²) >= 11 is 0. The molecule has 1 N–H and O–H groups in total. The lowest BCUT2D eigenvalue weighted by Gasteiger charge is -2.19. The van der Waals surface area contributed by atoms with Crippen LogP contribution in [0.3, 0.4) is 0 Å². The van der Waals surface area contributed by atoms with Gasteiger partial charge in [-0.2, -0.15) is 0 Å². The van der Waals surface area contributed by atoms with Crippen molar-refractivity contribution in [3.8, 4) is 0 Å². The summed E-state index contributed by atoms with van der Waals surface area (Å²) in [5.41, 5.74) is 0.473. The van der Waals surface area contributed by atoms with Gasteiger partial charge in [0.25, 0.3) is 0 Å². The smallest absolute Gasteiger partial charge is 0.339 e. The molecule has 0 aliphatic carbocycles. The minimum atomic E-state index is -1.23. The van der Waals surface area contributed by atoms with Crippen molar-refractivity contribution in [1.82, 2.24) is 9.97 Å². The van der Waals surface area contributed by atoms with Gasteiger partial charge in [-0.05, 0) is 18.2 Å². The molecule has 0 spiro atoms. The van der Waals surface area contributed by atoms with Gasteiger partial charge in [0.15, 0.2) is 0 Å². The molecule has 0 unspecified atom stereocenters. The number of anilines is 2. The zero-order valence-electron chi connectivity index (χ0n) is 9.54. The number of halogens is 1. The van der Waals surface area contributed by atoms with Crippen molar-refractivity contribution >= 4 is 17.5 Å². The van der Waals surface area contributed by atoms with Gasteiger partial charge >= 0.3 is 5.97 Å². The second-order valence-electron chi connectivity index (χ2n) is 3.60. The number of carboxylic acids is 1. The third kappa shape index (κ3) is 2.27. The predicted molar refractivity (Wildman–Crippen MR) is 63.5 cm³/mol. The maximum Gasteiger partial charge on any atom is 0.339 e. The van der Waals surface area contributed by atoms with Crippen LogP contribution in [0.25, 0.3) is 0 Å². The molecule has 0 saturated heterocycles. The number of aromatic nitrogens is 2. The second-order valence-corrected chi connectivity index (χ2v) is 3.60. The number of carboxylic acid groups (broad SMARTS) is 1. The Morgan fingerprint density at radius 3 is 2.83 bits per heavy atom. The van der Waals surface area contributed by atoms with E-state index in [2.05, 4.69) is 9.97 Å². The Labute approximate surface area is 103 Å². The highest BCUT2D eigenvalue weighted by Gasteiger charge is 2.17. The maximum atomic E-state index is 13.0. The van der Waals surface area contributed by atoms with Crippen molar-refractivity contribution in [3.05, 3.63) is 48.2 Å². The van der Waals surface area contributed by atoms with Crippen molar-refractivity contribution in [2.24, 2.45) is 0 Å². The van der Waals surface area contributed by atoms with Crippen molar-refractivity contribution in [2.75, 3.05) is 11.9 Å². The van der Waals surface area contributed by atoms with E-state index >= 15 is 0 Å². The maximum absolute atomic E-state index is 13.0. The molecule has 2 heterocycles. The second kappa shape index (κ2) is 4.79. The van der Waals surface area contributed by atoms with Gasteiger partial charge in [0, 0.05) is 13.2 Å². The first-order valence-electron chi connectivity index (χ1n) is 5.12. The summed E-state index contributed by atoms with van der Waals surface area (Å²) in [6.45, 7) is 0. The molecular weight excluding hydrogens is 237 g/mol. The van der Waals surface area contributed by atoms with Crippen LogP contribution in [0.15, 0.2) is 36.8 Å². The minimum Gasteiger partial charge on any atom is -0.478 e. The molecule has 0 amide bonds. The molecule has 2 aromatic heterocycles. The number of hydrogen-bond acceptors (Lipinski definition) is 4. The van der Waals surface area contributed by atoms with E-state index in [-0.39, 0.29) is 11.4 Å². The Bertz CT molecular complexity index is 575. The molecule has 0 atom stereocenters. The SMILES string of the molecule is CN(c1cccnc1)c1ncc(F)cc1C(=O)O. The summed E-state index contributed by atoms with van der Waals surface area (Å²) in [5, 5.41) is 9.04. The van der Waals surface area contributed by atoms with Gasteiger partial charge in [-0.1, -0.05) is 0 Å². The summed E-state index contributed by atoms with van der Waals surface area (Å²) in [6.07, 6.45) is 4.15. The van der Waals surface area contributed by atoms with Gasteiger partial charge in [0.05, 0.1) is 18.1 Å². The van der Waals surface area contributed by atoms with E-state index in [1.807, 2.05) is 0 Å². The Hall–Kier alpha value is -2.50. The summed E-state index contributed by atoms with van der Waals surface area (Å²) < 4.78 is 13.0. The van der Waals surface area contributed by atoms with Gasteiger partial charge in [-0.25, -0.2) is 14.2 Å². The third-order valence-corrected chi connectivity index (χ3v) is 2.41. The average molecular weight is 247 g/mol. The largest absolute Gasteiger partial charge is 0.478 e. The molecule has 0 radical (unpaired) electrons. The fourth-order valence-corrected chi connectivity index (χ4v) is 1.53. The number of aromatic carboxylic acids is 1. The van der Waals surface area contributed by atoms with Gasteiger partial charge in [0.1, 0.15) is 17.2 Å². The average Bonchev–Trinajstić information content (AvgIpc) is 2.39. The van der Waals surface area contributed by atoms with E-state index in [1.165, 1.54) is 4.90 Å². The zero-order chi connectivity index (χ0) is 13.1. The number of carbonyl (C=O) groups is 1. The number of hydrogen-bond donors (Lipinski definition) is 1. The van der Waals surface area contributed by atoms with E-state index in [4.69, 9.17) is 5.11 Å². The summed E-state index contributed by atoms with van der Waals surface area (Å²) in [4.78, 5) is 20.3. The van der Waals surface area contributed by atoms with E-state index in [1.54, 1.807) is 31.6 Å². The van der Waals surface area contributed by atoms with E-state index in [0.29, 0.717) is 5.69 Å². The molecule has 0 saturated carbocycles. The molecule has 92 valence electrons. The van der Waals surface area contributed by atoms with Crippen LogP contribution in [0.5, 0.6) is 0 Å². The minimum absolute atomic E-state index is 0.164. The van der Waals surface area contributed by atoms with Crippen LogP contribution in [0.1, 0.15) is 10.4 Å². The first-order chi connectivity index (χ1) is 8.59. The first kappa shape index (κ1) is 12.0. The van der Waals surface area contributed by atoms with Crippen LogP contribution in [-0.4, -0.2) is 28.1 Å². The third-order valence-electron chi connectivity index (χ3n) is 2.41. The Morgan fingerprint density at radius 1 is 1.44 bits per heavy atom. The standard InChI is InChI=1S/C12H10FN3O2/c1-16(9-3-2-4-14-7-9)11-10(12(17)18)5-8(13)6-15-11/h2-7H,1H3,(H,17,18). The van der Waals surface area contributed by atoms with Gasteiger partial charge in [0.2, 0.25) is 0 Å². The fraction of sp³-hybridized carbons (Fsp3) is 0.0833. The van der Waals surface area contributed by atoms with Crippen molar-refractivity contribution in [1.29, 1.82) is 0 Å². The lowest BCUT2D eigenvalue weighted by molar-refractivity contribution is 0.0696. The molecule has 5 nitrogen and oxygen atoms in total. The summed E-state index contributed by atoms with van der Waals surface area (Å²) in [7, 11) is 1.64. The van der Waals surface area contributed by atoms with Crippen molar-refractivity contribution < 1.29 is 14.3 Å². The van der Waals surface area contributed by atoms with Gasteiger partial charge < -0.3 is 10.0 Å². The lowest BCUT2D eigenvalue weighted by Crippen LogP contribution is -2.16. The van der Waals surface area contributed by atoms with Crippen LogP contribution < -0.4 is 4.90 Å². The van der Waals surface area contributed by atoms with Crippen molar-refractivity contribution in [3.63, 3.8) is 0 Å². The highest BCUT2D eigenvalue weighted by Crippen LogP contribution is 2.24. The fourth-order valence-electron chi connectivity index (χ4n) is 1.53. The van der Waals surface area contributed by atoms with Gasteiger partial charge in [-0.3, -0.25) is 4.98 Å². The summed E-state index contributed by atoms with van der Waals surface area (Å²) in [5.74, 6) is -1.75. The van der Waals surface area contributed by atoms with Crippen molar-refractivity contribution in [2.45, 2.75) is 0 Å². The summed E-state index contributed by atoms with van der Waals surface area (Å²) in [6, 6.07) is 4.41. The molecule has 2 rings (SSSR count). The molecule has 0 aromatic carbocycles. The topological polar surface area (TPSA) is 66.3 Å². The molecule has 0 bridgehead atoms. The Kier molecular flexibility index (Phi) is 3.18. The number of nitrogens with zero attached hydrogens (tertiary/aromatic N) is 3. The Morgan fingerprint density at radius 2 is 2.22 bits per heavy atom. The molecule has 0 aliphatic rings. The van der Waals surface area contributed by atoms with E-state index in [9.17, 15) is 9.18 Å². The normalized spacial score (nSPS) is 10.1. The van der Waals surface area contributed by atoms with E-state index in [0.717, 1.165) is 12.3 Å². The molecule has 6 heteroatoms. The van der Waals surface area contributed by atoms with Gasteiger partial charge in [-0.15, -0.1) is 0 Å². The van der Waals surface area contributed by atoms with Crippen LogP contribution in [0.2, 0.25) is 0 Å². The van der Waals surface area contributed by atoms with Crippen LogP contribution >= 0.6 is 0 Å². The van der Waals surface area contributed by atoms with Crippen LogP contribution in [0.4, 0.5) is 15.9 Å². The number of rotatable bonds is 3. The lowest BCUT2D eigenvalue weighted by atomic mass is 10.2. The number of pyridine rings is 2. The molecular formula is C12H10FN3O2. The highest BCUT2D eigenvalue weighted by atomic mass is 19.1. The molecule has 18 heavy (non-hydrogen) atoms.